The monoisotopic (exact) mass is 285 g/mol. The summed E-state index contributed by atoms with van der Waals surface area (Å²) in [6.45, 7) is 3.39. The summed E-state index contributed by atoms with van der Waals surface area (Å²) in [5.74, 6) is -0.184. The van der Waals surface area contributed by atoms with Crippen molar-refractivity contribution in [2.24, 2.45) is 5.16 Å². The normalized spacial score (nSPS) is 25.9. The molecular weight excluding hydrogens is 262 g/mol. The van der Waals surface area contributed by atoms with E-state index in [-0.39, 0.29) is 25.0 Å². The van der Waals surface area contributed by atoms with Gasteiger partial charge in [0.25, 0.3) is 0 Å². The van der Waals surface area contributed by atoms with Crippen molar-refractivity contribution in [3.05, 3.63) is 0 Å². The fourth-order valence-corrected chi connectivity index (χ4v) is 2.15. The number of hydrogen-bond acceptors (Lipinski definition) is 6. The van der Waals surface area contributed by atoms with E-state index in [0.29, 0.717) is 19.4 Å². The summed E-state index contributed by atoms with van der Waals surface area (Å²) >= 11 is 0. The van der Waals surface area contributed by atoms with Crippen molar-refractivity contribution in [2.75, 3.05) is 19.8 Å². The summed E-state index contributed by atoms with van der Waals surface area (Å²) in [5.41, 5.74) is 0.843. The van der Waals surface area contributed by atoms with Crippen LogP contribution in [0.3, 0.4) is 0 Å². The molecule has 0 saturated carbocycles. The van der Waals surface area contributed by atoms with Crippen LogP contribution in [0.5, 0.6) is 0 Å². The molecule has 20 heavy (non-hydrogen) atoms. The van der Waals surface area contributed by atoms with Gasteiger partial charge in [-0.1, -0.05) is 12.1 Å². The van der Waals surface area contributed by atoms with Crippen molar-refractivity contribution < 1.29 is 23.8 Å². The van der Waals surface area contributed by atoms with Crippen molar-refractivity contribution in [2.45, 2.75) is 57.8 Å². The third kappa shape index (κ3) is 5.09. The third-order valence-electron chi connectivity index (χ3n) is 3.25. The van der Waals surface area contributed by atoms with Crippen molar-refractivity contribution in [1.82, 2.24) is 0 Å². The zero-order valence-electron chi connectivity index (χ0n) is 12.0. The largest absolute Gasteiger partial charge is 0.462 e. The van der Waals surface area contributed by atoms with Gasteiger partial charge in [0, 0.05) is 19.4 Å². The number of ether oxygens (including phenoxy) is 3. The van der Waals surface area contributed by atoms with Crippen LogP contribution in [0.15, 0.2) is 5.16 Å². The minimum atomic E-state index is -0.184. The lowest BCUT2D eigenvalue weighted by atomic mass is 10.2. The third-order valence-corrected chi connectivity index (χ3v) is 3.25. The Labute approximate surface area is 119 Å². The Bertz CT molecular complexity index is 338. The molecule has 1 fully saturated rings. The van der Waals surface area contributed by atoms with E-state index in [4.69, 9.17) is 19.0 Å². The summed E-state index contributed by atoms with van der Waals surface area (Å²) in [7, 11) is 0. The zero-order valence-corrected chi connectivity index (χ0v) is 12.0. The molecule has 2 aliphatic heterocycles. The Hall–Kier alpha value is -1.14. The number of carbonyl (C=O) groups excluding carboxylic acids is 1. The topological polar surface area (TPSA) is 66.4 Å². The molecule has 0 bridgehead atoms. The summed E-state index contributed by atoms with van der Waals surface area (Å²) < 4.78 is 16.2. The molecule has 6 heteroatoms. The van der Waals surface area contributed by atoms with Crippen LogP contribution in [0.1, 0.15) is 45.4 Å². The first-order chi connectivity index (χ1) is 9.78. The predicted molar refractivity (Wildman–Crippen MR) is 72.3 cm³/mol. The van der Waals surface area contributed by atoms with E-state index in [0.717, 1.165) is 38.0 Å². The van der Waals surface area contributed by atoms with Gasteiger partial charge in [0.1, 0.15) is 6.61 Å². The Balaban J connectivity index is 1.58. The fourth-order valence-electron chi connectivity index (χ4n) is 2.15. The predicted octanol–water partition coefficient (Wildman–Crippen LogP) is 2.02. The maximum absolute atomic E-state index is 11.3. The van der Waals surface area contributed by atoms with Gasteiger partial charge in [-0.3, -0.25) is 4.79 Å². The molecule has 0 aromatic heterocycles. The van der Waals surface area contributed by atoms with Gasteiger partial charge in [-0.2, -0.15) is 0 Å². The van der Waals surface area contributed by atoms with Crippen LogP contribution in [-0.2, 0) is 23.8 Å². The van der Waals surface area contributed by atoms with Gasteiger partial charge >= 0.3 is 5.97 Å². The van der Waals surface area contributed by atoms with Gasteiger partial charge < -0.3 is 19.0 Å². The standard InChI is InChI=1S/C14H23NO5/c1-2-5-13(16)18-10-12-8-11(15-20-12)9-19-14-6-3-4-7-17-14/h12,14H,2-10H2,1H3. The van der Waals surface area contributed by atoms with Crippen LogP contribution in [0.25, 0.3) is 0 Å². The molecule has 2 unspecified atom stereocenters. The molecule has 0 aromatic rings. The van der Waals surface area contributed by atoms with Gasteiger partial charge in [-0.15, -0.1) is 0 Å². The fraction of sp³-hybridized carbons (Fsp3) is 0.857. The first kappa shape index (κ1) is 15.3. The van der Waals surface area contributed by atoms with Crippen LogP contribution in [0.4, 0.5) is 0 Å². The smallest absolute Gasteiger partial charge is 0.305 e. The second-order valence-electron chi connectivity index (χ2n) is 5.13. The average molecular weight is 285 g/mol. The lowest BCUT2D eigenvalue weighted by Crippen LogP contribution is -2.25. The highest BCUT2D eigenvalue weighted by Gasteiger charge is 2.24. The van der Waals surface area contributed by atoms with Gasteiger partial charge in [0.2, 0.25) is 0 Å². The molecule has 0 aliphatic carbocycles. The Morgan fingerprint density at radius 1 is 1.45 bits per heavy atom. The summed E-state index contributed by atoms with van der Waals surface area (Å²) in [4.78, 5) is 16.5. The summed E-state index contributed by atoms with van der Waals surface area (Å²) in [6.07, 6.45) is 4.77. The minimum absolute atomic E-state index is 0.118. The molecule has 0 aromatic carbocycles. The highest BCUT2D eigenvalue weighted by atomic mass is 16.7. The second kappa shape index (κ2) is 8.21. The molecule has 0 N–H and O–H groups in total. The van der Waals surface area contributed by atoms with Crippen molar-refractivity contribution in [1.29, 1.82) is 0 Å². The van der Waals surface area contributed by atoms with E-state index in [1.54, 1.807) is 0 Å². The van der Waals surface area contributed by atoms with E-state index in [9.17, 15) is 4.79 Å². The van der Waals surface area contributed by atoms with E-state index < -0.39 is 0 Å². The SMILES string of the molecule is CCCC(=O)OCC1CC(COC2CCCCO2)=NO1. The maximum Gasteiger partial charge on any atom is 0.305 e. The number of rotatable bonds is 7. The molecule has 2 heterocycles. The van der Waals surface area contributed by atoms with Crippen molar-refractivity contribution in [3.63, 3.8) is 0 Å². The number of esters is 1. The Morgan fingerprint density at radius 3 is 3.10 bits per heavy atom. The quantitative estimate of drug-likeness (QED) is 0.669. The molecule has 0 radical (unpaired) electrons. The summed E-state index contributed by atoms with van der Waals surface area (Å²) in [5, 5.41) is 3.97. The molecule has 2 rings (SSSR count). The van der Waals surface area contributed by atoms with E-state index in [1.807, 2.05) is 6.92 Å². The van der Waals surface area contributed by atoms with Gasteiger partial charge in [0.15, 0.2) is 12.4 Å². The average Bonchev–Trinajstić information content (AvgIpc) is 2.92. The van der Waals surface area contributed by atoms with Gasteiger partial charge in [-0.25, -0.2) is 0 Å². The van der Waals surface area contributed by atoms with E-state index in [2.05, 4.69) is 5.16 Å². The molecule has 2 atom stereocenters. The second-order valence-corrected chi connectivity index (χ2v) is 5.13. The van der Waals surface area contributed by atoms with E-state index >= 15 is 0 Å². The highest BCUT2D eigenvalue weighted by Crippen LogP contribution is 2.16. The van der Waals surface area contributed by atoms with Crippen LogP contribution in [0, 0.1) is 0 Å². The number of hydrogen-bond donors (Lipinski definition) is 0. The molecule has 0 spiro atoms. The Kier molecular flexibility index (Phi) is 6.26. The van der Waals surface area contributed by atoms with Gasteiger partial charge in [0.05, 0.1) is 12.3 Å². The zero-order chi connectivity index (χ0) is 14.2. The molecular formula is C14H23NO5. The first-order valence-corrected chi connectivity index (χ1v) is 7.38. The molecule has 114 valence electrons. The minimum Gasteiger partial charge on any atom is -0.462 e. The molecule has 6 nitrogen and oxygen atoms in total. The number of oxime groups is 1. The molecule has 0 amide bonds. The van der Waals surface area contributed by atoms with Crippen LogP contribution >= 0.6 is 0 Å². The van der Waals surface area contributed by atoms with Crippen LogP contribution < -0.4 is 0 Å². The number of carbonyl (C=O) groups is 1. The van der Waals surface area contributed by atoms with Gasteiger partial charge in [-0.05, 0) is 25.7 Å². The first-order valence-electron chi connectivity index (χ1n) is 7.38. The molecule has 2 aliphatic rings. The molecule has 1 saturated heterocycles. The maximum atomic E-state index is 11.3. The van der Waals surface area contributed by atoms with Crippen molar-refractivity contribution in [3.8, 4) is 0 Å². The summed E-state index contributed by atoms with van der Waals surface area (Å²) in [6, 6.07) is 0. The lowest BCUT2D eigenvalue weighted by molar-refractivity contribution is -0.153. The highest BCUT2D eigenvalue weighted by molar-refractivity contribution is 5.86. The van der Waals surface area contributed by atoms with Crippen LogP contribution in [0.2, 0.25) is 0 Å². The van der Waals surface area contributed by atoms with E-state index in [1.165, 1.54) is 0 Å². The van der Waals surface area contributed by atoms with Crippen molar-refractivity contribution >= 4 is 11.7 Å². The Morgan fingerprint density at radius 2 is 2.35 bits per heavy atom. The lowest BCUT2D eigenvalue weighted by Gasteiger charge is -2.22. The number of nitrogens with zero attached hydrogens (tertiary/aromatic N) is 1. The van der Waals surface area contributed by atoms with Crippen LogP contribution in [-0.4, -0.2) is 43.9 Å².